The second-order valence-corrected chi connectivity index (χ2v) is 6.14. The molecule has 0 aromatic carbocycles. The van der Waals surface area contributed by atoms with Crippen molar-refractivity contribution in [3.63, 3.8) is 0 Å². The largest absolute Gasteiger partial charge is 0.336 e. The summed E-state index contributed by atoms with van der Waals surface area (Å²) in [5, 5.41) is 4.09. The van der Waals surface area contributed by atoms with Gasteiger partial charge < -0.3 is 9.97 Å². The van der Waals surface area contributed by atoms with Crippen LogP contribution in [0.2, 0.25) is 0 Å². The molecule has 0 bridgehead atoms. The minimum atomic E-state index is 0.891. The summed E-state index contributed by atoms with van der Waals surface area (Å²) in [5.74, 6) is 1.78. The van der Waals surface area contributed by atoms with Crippen LogP contribution in [0, 0.1) is 0 Å². The molecule has 0 radical (unpaired) electrons. The Morgan fingerprint density at radius 1 is 0.750 bits per heavy atom. The number of imidazole rings is 2. The summed E-state index contributed by atoms with van der Waals surface area (Å²) in [6.45, 7) is 0. The van der Waals surface area contributed by atoms with Gasteiger partial charge in [-0.2, -0.15) is 0 Å². The lowest BCUT2D eigenvalue weighted by Gasteiger charge is -1.92. The third-order valence-corrected chi connectivity index (χ3v) is 4.70. The maximum Gasteiger partial charge on any atom is 0.147 e. The molecule has 4 aromatic heterocycles. The Hall–Kier alpha value is -2.18. The van der Waals surface area contributed by atoms with Gasteiger partial charge in [0, 0.05) is 0 Å². The number of nitrogens with one attached hydrogen (secondary N) is 2. The highest BCUT2D eigenvalue weighted by atomic mass is 32.1. The molecule has 4 aromatic rings. The molecular formula is C14H10N4S2. The zero-order valence-electron chi connectivity index (χ0n) is 10.3. The van der Waals surface area contributed by atoms with E-state index in [2.05, 4.69) is 32.1 Å². The van der Waals surface area contributed by atoms with Crippen LogP contribution < -0.4 is 0 Å². The molecule has 2 N–H and O–H groups in total. The first-order chi connectivity index (χ1) is 9.90. The summed E-state index contributed by atoms with van der Waals surface area (Å²) >= 11 is 3.34. The van der Waals surface area contributed by atoms with Crippen LogP contribution in [0.3, 0.4) is 0 Å². The van der Waals surface area contributed by atoms with Gasteiger partial charge in [-0.1, -0.05) is 12.1 Å². The third kappa shape index (κ3) is 1.99. The molecule has 98 valence electrons. The number of nitrogens with zero attached hydrogens (tertiary/aromatic N) is 2. The Kier molecular flexibility index (Phi) is 2.75. The number of aromatic amines is 2. The van der Waals surface area contributed by atoms with Crippen molar-refractivity contribution in [2.24, 2.45) is 0 Å². The predicted molar refractivity (Wildman–Crippen MR) is 82.8 cm³/mol. The molecule has 0 saturated carbocycles. The van der Waals surface area contributed by atoms with Crippen LogP contribution in [-0.2, 0) is 0 Å². The van der Waals surface area contributed by atoms with Gasteiger partial charge in [0.05, 0.1) is 33.5 Å². The molecule has 0 fully saturated rings. The molecule has 0 unspecified atom stereocenters. The van der Waals surface area contributed by atoms with Gasteiger partial charge in [-0.25, -0.2) is 9.97 Å². The number of hydrogen-bond donors (Lipinski definition) is 2. The molecule has 6 heteroatoms. The minimum Gasteiger partial charge on any atom is -0.336 e. The first-order valence-corrected chi connectivity index (χ1v) is 7.84. The molecule has 0 aliphatic heterocycles. The van der Waals surface area contributed by atoms with Gasteiger partial charge in [0.15, 0.2) is 0 Å². The van der Waals surface area contributed by atoms with Gasteiger partial charge in [0.2, 0.25) is 0 Å². The van der Waals surface area contributed by atoms with Crippen LogP contribution in [0.1, 0.15) is 0 Å². The molecule has 0 spiro atoms. The fourth-order valence-corrected chi connectivity index (χ4v) is 3.35. The normalized spacial score (nSPS) is 11.0. The number of rotatable bonds is 3. The van der Waals surface area contributed by atoms with E-state index < -0.39 is 0 Å². The molecule has 0 saturated heterocycles. The van der Waals surface area contributed by atoms with Gasteiger partial charge in [-0.15, -0.1) is 22.7 Å². The lowest BCUT2D eigenvalue weighted by atomic mass is 10.4. The van der Waals surface area contributed by atoms with Crippen LogP contribution in [0.15, 0.2) is 47.4 Å². The molecule has 0 aliphatic rings. The number of H-pyrrole nitrogens is 2. The zero-order valence-corrected chi connectivity index (χ0v) is 12.0. The van der Waals surface area contributed by atoms with Crippen molar-refractivity contribution in [1.29, 1.82) is 0 Å². The average molecular weight is 298 g/mol. The Labute approximate surface area is 123 Å². The van der Waals surface area contributed by atoms with E-state index in [4.69, 9.17) is 0 Å². The minimum absolute atomic E-state index is 0.891. The first kappa shape index (κ1) is 11.6. The smallest absolute Gasteiger partial charge is 0.147 e. The van der Waals surface area contributed by atoms with E-state index in [0.29, 0.717) is 0 Å². The van der Waals surface area contributed by atoms with E-state index in [1.165, 1.54) is 0 Å². The summed E-state index contributed by atoms with van der Waals surface area (Å²) in [7, 11) is 0. The third-order valence-electron chi connectivity index (χ3n) is 2.95. The second kappa shape index (κ2) is 4.73. The molecular weight excluding hydrogens is 288 g/mol. The van der Waals surface area contributed by atoms with Crippen molar-refractivity contribution < 1.29 is 0 Å². The van der Waals surface area contributed by atoms with Crippen LogP contribution in [0.25, 0.3) is 32.8 Å². The van der Waals surface area contributed by atoms with Crippen LogP contribution in [0.5, 0.6) is 0 Å². The van der Waals surface area contributed by atoms with Gasteiger partial charge in [0.25, 0.3) is 0 Å². The molecule has 0 aliphatic carbocycles. The van der Waals surface area contributed by atoms with E-state index in [0.717, 1.165) is 32.8 Å². The zero-order chi connectivity index (χ0) is 13.4. The molecule has 0 amide bonds. The Morgan fingerprint density at radius 3 is 1.65 bits per heavy atom. The Bertz CT molecular complexity index is 739. The first-order valence-electron chi connectivity index (χ1n) is 6.08. The number of hydrogen-bond acceptors (Lipinski definition) is 4. The summed E-state index contributed by atoms with van der Waals surface area (Å²) in [5.41, 5.74) is 1.90. The lowest BCUT2D eigenvalue weighted by molar-refractivity contribution is 1.30. The topological polar surface area (TPSA) is 57.4 Å². The predicted octanol–water partition coefficient (Wildman–Crippen LogP) is 4.26. The summed E-state index contributed by atoms with van der Waals surface area (Å²) < 4.78 is 0. The van der Waals surface area contributed by atoms with Crippen LogP contribution >= 0.6 is 22.7 Å². The number of aromatic nitrogens is 4. The van der Waals surface area contributed by atoms with Gasteiger partial charge >= 0.3 is 0 Å². The molecule has 4 heterocycles. The Morgan fingerprint density at radius 2 is 1.25 bits per heavy atom. The van der Waals surface area contributed by atoms with Gasteiger partial charge in [-0.3, -0.25) is 0 Å². The fourth-order valence-electron chi connectivity index (χ4n) is 1.99. The highest BCUT2D eigenvalue weighted by Crippen LogP contribution is 2.27. The van der Waals surface area contributed by atoms with Crippen molar-refractivity contribution in [3.8, 4) is 32.8 Å². The van der Waals surface area contributed by atoms with E-state index in [1.807, 2.05) is 35.3 Å². The van der Waals surface area contributed by atoms with Crippen molar-refractivity contribution >= 4 is 22.7 Å². The highest BCUT2D eigenvalue weighted by molar-refractivity contribution is 7.13. The van der Waals surface area contributed by atoms with Crippen molar-refractivity contribution in [2.45, 2.75) is 0 Å². The monoisotopic (exact) mass is 298 g/mol. The SMILES string of the molecule is c1csc(-c2ncc(-c3cnc(-c4cccs4)[nH]3)[nH]2)c1. The van der Waals surface area contributed by atoms with E-state index in [-0.39, 0.29) is 0 Å². The van der Waals surface area contributed by atoms with E-state index >= 15 is 0 Å². The van der Waals surface area contributed by atoms with Crippen molar-refractivity contribution in [3.05, 3.63) is 47.4 Å². The van der Waals surface area contributed by atoms with Crippen LogP contribution in [0.4, 0.5) is 0 Å². The molecule has 4 nitrogen and oxygen atoms in total. The Balaban J connectivity index is 1.68. The molecule has 0 atom stereocenters. The van der Waals surface area contributed by atoms with Crippen molar-refractivity contribution in [2.75, 3.05) is 0 Å². The van der Waals surface area contributed by atoms with Gasteiger partial charge in [0.1, 0.15) is 11.6 Å². The fraction of sp³-hybridized carbons (Fsp3) is 0. The number of thiophene rings is 2. The van der Waals surface area contributed by atoms with Crippen LogP contribution in [-0.4, -0.2) is 19.9 Å². The highest BCUT2D eigenvalue weighted by Gasteiger charge is 2.10. The van der Waals surface area contributed by atoms with Gasteiger partial charge in [-0.05, 0) is 22.9 Å². The second-order valence-electron chi connectivity index (χ2n) is 4.25. The average Bonchev–Trinajstić information content (AvgIpc) is 3.22. The lowest BCUT2D eigenvalue weighted by Crippen LogP contribution is -1.79. The van der Waals surface area contributed by atoms with Crippen molar-refractivity contribution in [1.82, 2.24) is 19.9 Å². The van der Waals surface area contributed by atoms with E-state index in [1.54, 1.807) is 22.7 Å². The molecule has 4 rings (SSSR count). The standard InChI is InChI=1S/C14H10N4S2/c1-3-11(19-5-1)13-15-7-9(17-13)10-8-16-14(18-10)12-4-2-6-20-12/h1-8H,(H,15,17)(H,16,18). The maximum absolute atomic E-state index is 4.42. The quantitative estimate of drug-likeness (QED) is 0.594. The summed E-state index contributed by atoms with van der Waals surface area (Å²) in [6.07, 6.45) is 3.67. The maximum atomic E-state index is 4.42. The summed E-state index contributed by atoms with van der Waals surface area (Å²) in [4.78, 5) is 17.7. The van der Waals surface area contributed by atoms with E-state index in [9.17, 15) is 0 Å². The summed E-state index contributed by atoms with van der Waals surface area (Å²) in [6, 6.07) is 8.15. The molecule has 20 heavy (non-hydrogen) atoms.